The van der Waals surface area contributed by atoms with Crippen LogP contribution in [0.2, 0.25) is 0 Å². The van der Waals surface area contributed by atoms with E-state index in [1.54, 1.807) is 18.2 Å². The number of carboxylic acid groups (broad SMARTS) is 1. The van der Waals surface area contributed by atoms with Gasteiger partial charge in [-0.3, -0.25) is 9.59 Å². The third-order valence-electron chi connectivity index (χ3n) is 4.75. The van der Waals surface area contributed by atoms with Crippen molar-refractivity contribution in [1.29, 1.82) is 0 Å². The van der Waals surface area contributed by atoms with Gasteiger partial charge >= 0.3 is 5.97 Å². The van der Waals surface area contributed by atoms with E-state index < -0.39 is 11.9 Å². The topological polar surface area (TPSA) is 54.4 Å². The van der Waals surface area contributed by atoms with E-state index in [4.69, 9.17) is 0 Å². The molecule has 2 rings (SSSR count). The molecular formula is C20H28O3S. The van der Waals surface area contributed by atoms with Crippen LogP contribution in [-0.2, 0) is 4.79 Å². The average molecular weight is 349 g/mol. The molecule has 2 atom stereocenters. The molecule has 0 saturated carbocycles. The first-order valence-electron chi connectivity index (χ1n) is 9.18. The standard InChI is InChI=1S/C20H28O3S/c1-2-3-4-5-6-7-8-9-14-17-18(19(21)22)15-12-10-11-13-16(15)20(23)24-17/h10-13,17-18H,2-9,14H2,1H3,(H,21,22)/t17-,18+/m1/s1. The summed E-state index contributed by atoms with van der Waals surface area (Å²) in [5.74, 6) is -1.37. The summed E-state index contributed by atoms with van der Waals surface area (Å²) in [6, 6.07) is 7.17. The highest BCUT2D eigenvalue weighted by Gasteiger charge is 2.38. The minimum absolute atomic E-state index is 0.0210. The van der Waals surface area contributed by atoms with Crippen molar-refractivity contribution in [3.05, 3.63) is 35.4 Å². The quantitative estimate of drug-likeness (QED) is 0.556. The fourth-order valence-electron chi connectivity index (χ4n) is 3.42. The molecule has 4 heteroatoms. The van der Waals surface area contributed by atoms with E-state index >= 15 is 0 Å². The highest BCUT2D eigenvalue weighted by molar-refractivity contribution is 8.14. The van der Waals surface area contributed by atoms with Gasteiger partial charge < -0.3 is 5.11 Å². The maximum Gasteiger partial charge on any atom is 0.312 e. The molecule has 0 radical (unpaired) electrons. The van der Waals surface area contributed by atoms with Gasteiger partial charge in [0.05, 0.1) is 5.92 Å². The lowest BCUT2D eigenvalue weighted by Crippen LogP contribution is -2.30. The molecule has 1 aromatic carbocycles. The van der Waals surface area contributed by atoms with E-state index in [9.17, 15) is 14.7 Å². The Bertz CT molecular complexity index is 556. The van der Waals surface area contributed by atoms with Crippen molar-refractivity contribution in [3.8, 4) is 0 Å². The largest absolute Gasteiger partial charge is 0.481 e. The van der Waals surface area contributed by atoms with Crippen LogP contribution in [0.3, 0.4) is 0 Å². The zero-order valence-corrected chi connectivity index (χ0v) is 15.3. The Hall–Kier alpha value is -1.29. The molecule has 1 N–H and O–H groups in total. The first-order valence-corrected chi connectivity index (χ1v) is 10.1. The maximum absolute atomic E-state index is 12.3. The molecule has 0 bridgehead atoms. The number of hydrogen-bond acceptors (Lipinski definition) is 3. The van der Waals surface area contributed by atoms with E-state index in [2.05, 4.69) is 6.92 Å². The number of carboxylic acids is 1. The second kappa shape index (κ2) is 9.87. The Morgan fingerprint density at radius 3 is 2.33 bits per heavy atom. The first-order chi connectivity index (χ1) is 11.6. The minimum Gasteiger partial charge on any atom is -0.481 e. The fourth-order valence-corrected chi connectivity index (χ4v) is 4.69. The van der Waals surface area contributed by atoms with Gasteiger partial charge in [-0.25, -0.2) is 0 Å². The molecule has 132 valence electrons. The van der Waals surface area contributed by atoms with Crippen LogP contribution in [0.15, 0.2) is 24.3 Å². The summed E-state index contributed by atoms with van der Waals surface area (Å²) in [4.78, 5) is 24.0. The van der Waals surface area contributed by atoms with Gasteiger partial charge in [0, 0.05) is 10.8 Å². The molecule has 0 aromatic heterocycles. The van der Waals surface area contributed by atoms with Crippen LogP contribution in [-0.4, -0.2) is 21.4 Å². The summed E-state index contributed by atoms with van der Waals surface area (Å²) >= 11 is 1.22. The summed E-state index contributed by atoms with van der Waals surface area (Å²) < 4.78 is 0. The summed E-state index contributed by atoms with van der Waals surface area (Å²) in [6.07, 6.45) is 10.6. The molecule has 0 amide bonds. The number of rotatable bonds is 10. The van der Waals surface area contributed by atoms with Gasteiger partial charge in [-0.1, -0.05) is 94.3 Å². The molecule has 0 saturated heterocycles. The van der Waals surface area contributed by atoms with Gasteiger partial charge in [-0.2, -0.15) is 0 Å². The van der Waals surface area contributed by atoms with Gasteiger partial charge in [-0.05, 0) is 12.0 Å². The smallest absolute Gasteiger partial charge is 0.312 e. The van der Waals surface area contributed by atoms with Crippen molar-refractivity contribution in [1.82, 2.24) is 0 Å². The Balaban J connectivity index is 1.84. The fraction of sp³-hybridized carbons (Fsp3) is 0.600. The third-order valence-corrected chi connectivity index (χ3v) is 6.00. The predicted octanol–water partition coefficient (Wildman–Crippen LogP) is 5.64. The monoisotopic (exact) mass is 348 g/mol. The van der Waals surface area contributed by atoms with Gasteiger partial charge in [0.15, 0.2) is 0 Å². The van der Waals surface area contributed by atoms with Crippen molar-refractivity contribution in [3.63, 3.8) is 0 Å². The number of thioether (sulfide) groups is 1. The minimum atomic E-state index is -0.813. The highest BCUT2D eigenvalue weighted by atomic mass is 32.2. The number of hydrogen-bond donors (Lipinski definition) is 1. The van der Waals surface area contributed by atoms with Gasteiger partial charge in [-0.15, -0.1) is 0 Å². The predicted molar refractivity (Wildman–Crippen MR) is 99.8 cm³/mol. The molecule has 3 nitrogen and oxygen atoms in total. The van der Waals surface area contributed by atoms with Crippen molar-refractivity contribution < 1.29 is 14.7 Å². The van der Waals surface area contributed by atoms with Gasteiger partial charge in [0.25, 0.3) is 0 Å². The van der Waals surface area contributed by atoms with Crippen LogP contribution in [0.4, 0.5) is 0 Å². The van der Waals surface area contributed by atoms with Crippen LogP contribution in [0.5, 0.6) is 0 Å². The molecule has 0 unspecified atom stereocenters. The Morgan fingerprint density at radius 2 is 1.67 bits per heavy atom. The first kappa shape index (κ1) is 19.0. The number of benzene rings is 1. The van der Waals surface area contributed by atoms with Crippen LogP contribution in [0, 0.1) is 0 Å². The molecule has 1 aromatic rings. The molecule has 24 heavy (non-hydrogen) atoms. The SMILES string of the molecule is CCCCCCCCCC[C@H]1SC(=O)c2ccccc2[C@@H]1C(=O)O. The summed E-state index contributed by atoms with van der Waals surface area (Å²) in [6.45, 7) is 2.22. The molecule has 0 fully saturated rings. The number of carbonyl (C=O) groups is 2. The van der Waals surface area contributed by atoms with Crippen LogP contribution < -0.4 is 0 Å². The van der Waals surface area contributed by atoms with E-state index in [0.717, 1.165) is 19.3 Å². The second-order valence-corrected chi connectivity index (χ2v) is 7.82. The Morgan fingerprint density at radius 1 is 1.04 bits per heavy atom. The van der Waals surface area contributed by atoms with E-state index in [-0.39, 0.29) is 10.4 Å². The van der Waals surface area contributed by atoms with Gasteiger partial charge in [0.1, 0.15) is 0 Å². The maximum atomic E-state index is 12.3. The van der Waals surface area contributed by atoms with E-state index in [0.29, 0.717) is 11.1 Å². The van der Waals surface area contributed by atoms with Crippen molar-refractivity contribution in [2.24, 2.45) is 0 Å². The van der Waals surface area contributed by atoms with Gasteiger partial charge in [0.2, 0.25) is 5.12 Å². The summed E-state index contributed by atoms with van der Waals surface area (Å²) in [5, 5.41) is 9.53. The van der Waals surface area contributed by atoms with Crippen molar-refractivity contribution >= 4 is 22.8 Å². The van der Waals surface area contributed by atoms with Crippen molar-refractivity contribution in [2.75, 3.05) is 0 Å². The number of aliphatic carboxylic acids is 1. The molecule has 1 heterocycles. The van der Waals surface area contributed by atoms with Crippen molar-refractivity contribution in [2.45, 2.75) is 75.9 Å². The summed E-state index contributed by atoms with van der Waals surface area (Å²) in [5.41, 5.74) is 1.26. The zero-order valence-electron chi connectivity index (χ0n) is 14.5. The number of fused-ring (bicyclic) bond motifs is 1. The Labute approximate surface area is 149 Å². The molecule has 1 aliphatic heterocycles. The van der Waals surface area contributed by atoms with Crippen LogP contribution >= 0.6 is 11.8 Å². The molecule has 1 aliphatic rings. The molecular weight excluding hydrogens is 320 g/mol. The molecule has 0 spiro atoms. The van der Waals surface area contributed by atoms with E-state index in [1.807, 2.05) is 6.07 Å². The van der Waals surface area contributed by atoms with Crippen LogP contribution in [0.1, 0.15) is 86.6 Å². The lowest BCUT2D eigenvalue weighted by molar-refractivity contribution is -0.138. The summed E-state index contributed by atoms with van der Waals surface area (Å²) in [7, 11) is 0. The van der Waals surface area contributed by atoms with E-state index in [1.165, 1.54) is 50.3 Å². The lowest BCUT2D eigenvalue weighted by Gasteiger charge is -2.29. The molecule has 0 aliphatic carbocycles. The number of carbonyl (C=O) groups excluding carboxylic acids is 1. The zero-order chi connectivity index (χ0) is 17.4. The number of unbranched alkanes of at least 4 members (excludes halogenated alkanes) is 7. The van der Waals surface area contributed by atoms with Crippen LogP contribution in [0.25, 0.3) is 0 Å². The Kier molecular flexibility index (Phi) is 7.83. The normalized spacial score (nSPS) is 20.0. The lowest BCUT2D eigenvalue weighted by atomic mass is 9.88. The average Bonchev–Trinajstić information content (AvgIpc) is 2.57. The second-order valence-electron chi connectivity index (χ2n) is 6.61. The highest BCUT2D eigenvalue weighted by Crippen LogP contribution is 2.41. The third kappa shape index (κ3) is 5.10.